The summed E-state index contributed by atoms with van der Waals surface area (Å²) < 4.78 is 37.0. The summed E-state index contributed by atoms with van der Waals surface area (Å²) in [5.74, 6) is -1.01. The highest BCUT2D eigenvalue weighted by Gasteiger charge is 2.20. The van der Waals surface area contributed by atoms with Crippen LogP contribution in [0.2, 0.25) is 0 Å². The minimum Gasteiger partial charge on any atom is -0.362 e. The minimum atomic E-state index is -3.94. The van der Waals surface area contributed by atoms with Gasteiger partial charge in [0, 0.05) is 12.2 Å². The van der Waals surface area contributed by atoms with Crippen molar-refractivity contribution in [2.45, 2.75) is 17.7 Å². The van der Waals surface area contributed by atoms with E-state index in [-0.39, 0.29) is 11.4 Å². The van der Waals surface area contributed by atoms with Crippen molar-refractivity contribution in [1.29, 1.82) is 0 Å². The van der Waals surface area contributed by atoms with E-state index in [9.17, 15) is 17.6 Å². The van der Waals surface area contributed by atoms with Crippen LogP contribution < -0.4 is 15.2 Å². The van der Waals surface area contributed by atoms with Crippen molar-refractivity contribution in [3.8, 4) is 0 Å². The molecule has 132 valence electrons. The maximum absolute atomic E-state index is 12.9. The molecule has 0 radical (unpaired) electrons. The van der Waals surface area contributed by atoms with Crippen LogP contribution in [0.5, 0.6) is 0 Å². The first-order chi connectivity index (χ1) is 12.0. The van der Waals surface area contributed by atoms with E-state index < -0.39 is 21.7 Å². The number of rotatable bonds is 5. The average Bonchev–Trinajstić information content (AvgIpc) is 2.61. The van der Waals surface area contributed by atoms with E-state index in [2.05, 4.69) is 5.43 Å². The lowest BCUT2D eigenvalue weighted by Crippen LogP contribution is -2.47. The summed E-state index contributed by atoms with van der Waals surface area (Å²) in [6.07, 6.45) is 1.90. The summed E-state index contributed by atoms with van der Waals surface area (Å²) >= 11 is 0. The van der Waals surface area contributed by atoms with Crippen LogP contribution in [0, 0.1) is 5.82 Å². The van der Waals surface area contributed by atoms with Crippen LogP contribution >= 0.6 is 0 Å². The van der Waals surface area contributed by atoms with Gasteiger partial charge < -0.3 is 4.90 Å². The van der Waals surface area contributed by atoms with Gasteiger partial charge in [0.2, 0.25) is 0 Å². The summed E-state index contributed by atoms with van der Waals surface area (Å²) in [7, 11) is -3.94. The Morgan fingerprint density at radius 1 is 1.12 bits per heavy atom. The Labute approximate surface area is 145 Å². The number of anilines is 1. The molecule has 3 rings (SSSR count). The molecular formula is C17H18FN3O3S. The molecular weight excluding hydrogens is 345 g/mol. The van der Waals surface area contributed by atoms with Crippen molar-refractivity contribution >= 4 is 21.6 Å². The molecule has 2 aromatic rings. The summed E-state index contributed by atoms with van der Waals surface area (Å²) in [5, 5.41) is 0. The molecule has 2 N–H and O–H groups in total. The second-order valence-electron chi connectivity index (χ2n) is 5.76. The molecule has 1 aliphatic rings. The number of nitrogens with one attached hydrogen (secondary N) is 2. The number of hydrazine groups is 1. The van der Waals surface area contributed by atoms with Gasteiger partial charge in [0.05, 0.1) is 11.4 Å². The Kier molecular flexibility index (Phi) is 5.00. The molecule has 0 saturated carbocycles. The van der Waals surface area contributed by atoms with Gasteiger partial charge in [-0.2, -0.15) is 0 Å². The average molecular weight is 363 g/mol. The van der Waals surface area contributed by atoms with Crippen LogP contribution in [0.15, 0.2) is 53.4 Å². The quantitative estimate of drug-likeness (QED) is 0.791. The third-order valence-corrected chi connectivity index (χ3v) is 5.25. The Morgan fingerprint density at radius 2 is 1.84 bits per heavy atom. The zero-order valence-electron chi connectivity index (χ0n) is 13.4. The molecule has 8 heteroatoms. The van der Waals surface area contributed by atoms with Gasteiger partial charge in [0.1, 0.15) is 5.82 Å². The number of carbonyl (C=O) groups is 1. The summed E-state index contributed by atoms with van der Waals surface area (Å²) in [5.41, 5.74) is 4.37. The molecule has 0 atom stereocenters. The van der Waals surface area contributed by atoms with Gasteiger partial charge in [-0.25, -0.2) is 12.8 Å². The highest BCUT2D eigenvalue weighted by molar-refractivity contribution is 7.89. The second-order valence-corrected chi connectivity index (χ2v) is 7.44. The number of aryl methyl sites for hydroxylation is 1. The normalized spacial score (nSPS) is 14.0. The molecule has 0 aliphatic carbocycles. The molecule has 0 fully saturated rings. The van der Waals surface area contributed by atoms with Crippen molar-refractivity contribution < 1.29 is 17.6 Å². The highest BCUT2D eigenvalue weighted by atomic mass is 32.2. The van der Waals surface area contributed by atoms with Crippen LogP contribution in [0.4, 0.5) is 10.1 Å². The van der Waals surface area contributed by atoms with E-state index in [1.54, 1.807) is 0 Å². The Hall–Kier alpha value is -2.45. The first-order valence-corrected chi connectivity index (χ1v) is 9.33. The Balaban J connectivity index is 1.61. The Morgan fingerprint density at radius 3 is 2.60 bits per heavy atom. The molecule has 6 nitrogen and oxygen atoms in total. The lowest BCUT2D eigenvalue weighted by Gasteiger charge is -2.30. The number of carbonyl (C=O) groups excluding carboxylic acids is 1. The van der Waals surface area contributed by atoms with Gasteiger partial charge in [0.15, 0.2) is 0 Å². The van der Waals surface area contributed by atoms with E-state index in [0.29, 0.717) is 0 Å². The predicted molar refractivity (Wildman–Crippen MR) is 91.8 cm³/mol. The van der Waals surface area contributed by atoms with Crippen molar-refractivity contribution in [2.75, 3.05) is 18.0 Å². The summed E-state index contributed by atoms with van der Waals surface area (Å²) in [6.45, 7) is 0.776. The number of sulfonamides is 1. The zero-order valence-corrected chi connectivity index (χ0v) is 14.2. The Bertz CT molecular complexity index is 869. The van der Waals surface area contributed by atoms with Crippen LogP contribution in [-0.4, -0.2) is 27.4 Å². The fraction of sp³-hybridized carbons (Fsp3) is 0.235. The molecule has 1 aliphatic heterocycles. The molecule has 0 aromatic heterocycles. The number of hydrogen-bond acceptors (Lipinski definition) is 4. The smallest absolute Gasteiger partial charge is 0.257 e. The lowest BCUT2D eigenvalue weighted by atomic mass is 10.0. The molecule has 1 amide bonds. The molecule has 0 bridgehead atoms. The van der Waals surface area contributed by atoms with Gasteiger partial charge in [-0.05, 0) is 48.7 Å². The van der Waals surface area contributed by atoms with Crippen LogP contribution in [0.3, 0.4) is 0 Å². The van der Waals surface area contributed by atoms with Crippen LogP contribution in [0.25, 0.3) is 0 Å². The molecule has 0 spiro atoms. The number of amides is 1. The third kappa shape index (κ3) is 4.15. The maximum atomic E-state index is 12.9. The highest BCUT2D eigenvalue weighted by Crippen LogP contribution is 2.26. The topological polar surface area (TPSA) is 78.5 Å². The van der Waals surface area contributed by atoms with E-state index in [4.69, 9.17) is 0 Å². The number of fused-ring (bicyclic) bond motifs is 1. The number of benzene rings is 2. The molecule has 0 unspecified atom stereocenters. The number of halogens is 1. The molecule has 0 saturated heterocycles. The van der Waals surface area contributed by atoms with Crippen molar-refractivity contribution in [2.24, 2.45) is 0 Å². The van der Waals surface area contributed by atoms with Gasteiger partial charge in [0.25, 0.3) is 15.9 Å². The third-order valence-electron chi connectivity index (χ3n) is 3.99. The summed E-state index contributed by atoms with van der Waals surface area (Å²) in [4.78, 5) is 15.9. The largest absolute Gasteiger partial charge is 0.362 e. The molecule has 1 heterocycles. The van der Waals surface area contributed by atoms with E-state index >= 15 is 0 Å². The number of hydrogen-bond donors (Lipinski definition) is 2. The van der Waals surface area contributed by atoms with E-state index in [0.717, 1.165) is 49.3 Å². The zero-order chi connectivity index (χ0) is 17.9. The first-order valence-electron chi connectivity index (χ1n) is 7.85. The maximum Gasteiger partial charge on any atom is 0.257 e. The van der Waals surface area contributed by atoms with E-state index in [1.165, 1.54) is 5.56 Å². The SMILES string of the molecule is O=C(CN1CCCc2ccccc21)NNS(=O)(=O)c1ccc(F)cc1. The van der Waals surface area contributed by atoms with Gasteiger partial charge >= 0.3 is 0 Å². The van der Waals surface area contributed by atoms with Crippen molar-refractivity contribution in [3.63, 3.8) is 0 Å². The van der Waals surface area contributed by atoms with Crippen LogP contribution in [0.1, 0.15) is 12.0 Å². The van der Waals surface area contributed by atoms with Gasteiger partial charge in [-0.1, -0.05) is 18.2 Å². The fourth-order valence-corrected chi connectivity index (χ4v) is 3.65. The standard InChI is InChI=1S/C17H18FN3O3S/c18-14-7-9-15(10-8-14)25(23,24)20-19-17(22)12-21-11-3-5-13-4-1-2-6-16(13)21/h1-2,4,6-10,20H,3,5,11-12H2,(H,19,22). The monoisotopic (exact) mass is 363 g/mol. The van der Waals surface area contributed by atoms with Crippen molar-refractivity contribution in [3.05, 3.63) is 59.9 Å². The van der Waals surface area contributed by atoms with Gasteiger partial charge in [-0.3, -0.25) is 10.2 Å². The predicted octanol–water partition coefficient (Wildman–Crippen LogP) is 1.59. The molecule has 25 heavy (non-hydrogen) atoms. The number of nitrogens with zero attached hydrogens (tertiary/aromatic N) is 1. The van der Waals surface area contributed by atoms with Gasteiger partial charge in [-0.15, -0.1) is 4.83 Å². The fourth-order valence-electron chi connectivity index (χ4n) is 2.79. The summed E-state index contributed by atoms with van der Waals surface area (Å²) in [6, 6.07) is 12.2. The minimum absolute atomic E-state index is 0.0446. The number of para-hydroxylation sites is 1. The second kappa shape index (κ2) is 7.20. The molecule has 2 aromatic carbocycles. The lowest BCUT2D eigenvalue weighted by molar-refractivity contribution is -0.120. The van der Waals surface area contributed by atoms with Crippen molar-refractivity contribution in [1.82, 2.24) is 10.3 Å². The van der Waals surface area contributed by atoms with E-state index in [1.807, 2.05) is 34.0 Å². The first kappa shape index (κ1) is 17.4. The van der Waals surface area contributed by atoms with Crippen LogP contribution in [-0.2, 0) is 21.2 Å².